The van der Waals surface area contributed by atoms with Gasteiger partial charge in [0.1, 0.15) is 10.7 Å². The van der Waals surface area contributed by atoms with Gasteiger partial charge in [-0.25, -0.2) is 17.8 Å². The first-order chi connectivity index (χ1) is 12.9. The lowest BCUT2D eigenvalue weighted by atomic mass is 9.81. The van der Waals surface area contributed by atoms with Crippen LogP contribution >= 0.6 is 22.9 Å². The summed E-state index contributed by atoms with van der Waals surface area (Å²) in [5.41, 5.74) is 0.548. The molecule has 2 fully saturated rings. The van der Waals surface area contributed by atoms with Crippen LogP contribution in [0.1, 0.15) is 12.8 Å². The second-order valence-corrected chi connectivity index (χ2v) is 9.88. The first kappa shape index (κ1) is 18.9. The van der Waals surface area contributed by atoms with Gasteiger partial charge in [0.05, 0.1) is 10.7 Å². The number of aromatic nitrogens is 1. The highest BCUT2D eigenvalue weighted by Gasteiger charge is 2.32. The maximum Gasteiger partial charge on any atom is 0.266 e. The second kappa shape index (κ2) is 7.54. The molecule has 2 aliphatic heterocycles. The molecular weight excluding hydrogens is 411 g/mol. The number of fused-ring (bicyclic) bond motifs is 1. The fourth-order valence-corrected chi connectivity index (χ4v) is 6.12. The van der Waals surface area contributed by atoms with E-state index in [0.717, 1.165) is 43.9 Å². The fraction of sp³-hybridized carbons (Fsp3) is 0.471. The minimum absolute atomic E-state index is 0.182. The molecule has 0 aliphatic carbocycles. The van der Waals surface area contributed by atoms with E-state index in [4.69, 9.17) is 11.6 Å². The summed E-state index contributed by atoms with van der Waals surface area (Å²) in [6.45, 7) is 3.59. The highest BCUT2D eigenvalue weighted by molar-refractivity contribution is 7.93. The Kier molecular flexibility index (Phi) is 5.28. The molecule has 0 saturated carbocycles. The van der Waals surface area contributed by atoms with Crippen LogP contribution in [0.2, 0.25) is 5.02 Å². The molecule has 2 saturated heterocycles. The minimum Gasteiger partial charge on any atom is -0.370 e. The predicted molar refractivity (Wildman–Crippen MR) is 106 cm³/mol. The molecular formula is C17H20ClFN4O2S2. The number of halogens is 2. The van der Waals surface area contributed by atoms with Crippen molar-refractivity contribution >= 4 is 43.8 Å². The van der Waals surface area contributed by atoms with Crippen LogP contribution in [0.3, 0.4) is 0 Å². The van der Waals surface area contributed by atoms with E-state index in [-0.39, 0.29) is 10.2 Å². The van der Waals surface area contributed by atoms with Crippen molar-refractivity contribution in [2.45, 2.75) is 17.7 Å². The third-order valence-corrected chi connectivity index (χ3v) is 7.75. The molecule has 2 aromatic rings. The molecule has 0 bridgehead atoms. The van der Waals surface area contributed by atoms with Gasteiger partial charge in [0, 0.05) is 30.7 Å². The van der Waals surface area contributed by atoms with Crippen molar-refractivity contribution in [3.8, 4) is 0 Å². The van der Waals surface area contributed by atoms with E-state index < -0.39 is 20.7 Å². The van der Waals surface area contributed by atoms with Crippen LogP contribution < -0.4 is 14.9 Å². The maximum absolute atomic E-state index is 14.7. The molecule has 0 radical (unpaired) electrons. The van der Waals surface area contributed by atoms with E-state index in [1.807, 2.05) is 0 Å². The van der Waals surface area contributed by atoms with Crippen molar-refractivity contribution in [2.24, 2.45) is 11.8 Å². The van der Waals surface area contributed by atoms with Gasteiger partial charge in [-0.15, -0.1) is 11.3 Å². The highest BCUT2D eigenvalue weighted by atomic mass is 35.5. The van der Waals surface area contributed by atoms with Gasteiger partial charge < -0.3 is 10.2 Å². The molecule has 10 heteroatoms. The van der Waals surface area contributed by atoms with E-state index in [1.165, 1.54) is 24.8 Å². The zero-order valence-electron chi connectivity index (χ0n) is 14.5. The summed E-state index contributed by atoms with van der Waals surface area (Å²) in [6, 6.07) is 2.42. The van der Waals surface area contributed by atoms with E-state index in [1.54, 1.807) is 5.38 Å². The minimum atomic E-state index is -4.09. The van der Waals surface area contributed by atoms with Gasteiger partial charge in [-0.05, 0) is 43.8 Å². The van der Waals surface area contributed by atoms with Crippen molar-refractivity contribution in [3.05, 3.63) is 34.5 Å². The number of anilines is 2. The van der Waals surface area contributed by atoms with Crippen molar-refractivity contribution < 1.29 is 12.8 Å². The Labute approximate surface area is 166 Å². The van der Waals surface area contributed by atoms with Crippen molar-refractivity contribution in [3.63, 3.8) is 0 Å². The van der Waals surface area contributed by atoms with Crippen LogP contribution in [0.4, 0.5) is 15.2 Å². The van der Waals surface area contributed by atoms with Crippen molar-refractivity contribution in [2.75, 3.05) is 35.8 Å². The molecule has 1 aromatic carbocycles. The van der Waals surface area contributed by atoms with Gasteiger partial charge in [-0.3, -0.25) is 4.72 Å². The number of nitrogens with one attached hydrogen (secondary N) is 2. The Morgan fingerprint density at radius 3 is 2.96 bits per heavy atom. The van der Waals surface area contributed by atoms with E-state index in [2.05, 4.69) is 19.9 Å². The first-order valence-corrected chi connectivity index (χ1v) is 11.5. The predicted octanol–water partition coefficient (Wildman–Crippen LogP) is 3.17. The Morgan fingerprint density at radius 2 is 2.19 bits per heavy atom. The van der Waals surface area contributed by atoms with Gasteiger partial charge in [0.25, 0.3) is 10.0 Å². The molecule has 4 rings (SSSR count). The standard InChI is InChI=1S/C17H20ClFN4O2S2/c18-13-7-16(27(24,25)22-17-21-4-6-26-17)14(19)8-15(13)23-5-2-11-1-3-20-9-12(11)10-23/h4,6-8,11-12,20H,1-3,5,9-10H2,(H,21,22). The summed E-state index contributed by atoms with van der Waals surface area (Å²) in [7, 11) is -4.09. The second-order valence-electron chi connectivity index (χ2n) is 6.92. The molecule has 2 aliphatic rings. The Bertz CT molecular complexity index is 923. The molecule has 2 unspecified atom stereocenters. The quantitative estimate of drug-likeness (QED) is 0.779. The maximum atomic E-state index is 14.7. The number of sulfonamides is 1. The molecule has 0 spiro atoms. The SMILES string of the molecule is O=S(=O)(Nc1nccs1)c1cc(Cl)c(N2CCC3CCNCC3C2)cc1F. The number of nitrogens with zero attached hydrogens (tertiary/aromatic N) is 2. The summed E-state index contributed by atoms with van der Waals surface area (Å²) in [5, 5.41) is 5.45. The van der Waals surface area contributed by atoms with Gasteiger partial charge in [-0.1, -0.05) is 11.6 Å². The lowest BCUT2D eigenvalue weighted by Crippen LogP contribution is -2.48. The number of piperidine rings is 2. The van der Waals surface area contributed by atoms with Crippen LogP contribution in [-0.4, -0.2) is 39.6 Å². The van der Waals surface area contributed by atoms with Gasteiger partial charge in [0.2, 0.25) is 0 Å². The normalized spacial score (nSPS) is 23.1. The first-order valence-electron chi connectivity index (χ1n) is 8.81. The highest BCUT2D eigenvalue weighted by Crippen LogP contribution is 2.36. The largest absolute Gasteiger partial charge is 0.370 e. The van der Waals surface area contributed by atoms with Crippen LogP contribution in [0, 0.1) is 17.7 Å². The number of rotatable bonds is 4. The zero-order chi connectivity index (χ0) is 19.0. The molecule has 27 heavy (non-hydrogen) atoms. The summed E-state index contributed by atoms with van der Waals surface area (Å²) >= 11 is 7.49. The summed E-state index contributed by atoms with van der Waals surface area (Å²) in [5.74, 6) is 0.372. The Hall–Kier alpha value is -1.42. The lowest BCUT2D eigenvalue weighted by molar-refractivity contribution is 0.217. The zero-order valence-corrected chi connectivity index (χ0v) is 16.9. The van der Waals surface area contributed by atoms with E-state index in [9.17, 15) is 12.8 Å². The summed E-state index contributed by atoms with van der Waals surface area (Å²) in [4.78, 5) is 5.46. The van der Waals surface area contributed by atoms with E-state index in [0.29, 0.717) is 17.5 Å². The number of hydrogen-bond donors (Lipinski definition) is 2. The molecule has 2 N–H and O–H groups in total. The molecule has 2 atom stereocenters. The summed E-state index contributed by atoms with van der Waals surface area (Å²) in [6.07, 6.45) is 3.68. The van der Waals surface area contributed by atoms with Crippen LogP contribution in [0.25, 0.3) is 0 Å². The van der Waals surface area contributed by atoms with Gasteiger partial charge in [-0.2, -0.15) is 0 Å². The third kappa shape index (κ3) is 3.91. The van der Waals surface area contributed by atoms with Crippen LogP contribution in [0.5, 0.6) is 0 Å². The van der Waals surface area contributed by atoms with Crippen molar-refractivity contribution in [1.29, 1.82) is 0 Å². The van der Waals surface area contributed by atoms with E-state index >= 15 is 0 Å². The lowest BCUT2D eigenvalue weighted by Gasteiger charge is -2.42. The topological polar surface area (TPSA) is 74.3 Å². The van der Waals surface area contributed by atoms with Gasteiger partial charge in [0.15, 0.2) is 5.13 Å². The number of thiazole rings is 1. The van der Waals surface area contributed by atoms with Crippen LogP contribution in [0.15, 0.2) is 28.6 Å². The van der Waals surface area contributed by atoms with Gasteiger partial charge >= 0.3 is 0 Å². The third-order valence-electron chi connectivity index (χ3n) is 5.28. The van der Waals surface area contributed by atoms with Crippen molar-refractivity contribution in [1.82, 2.24) is 10.3 Å². The fourth-order valence-electron chi connectivity index (χ4n) is 3.90. The average molecular weight is 431 g/mol. The molecule has 146 valence electrons. The Morgan fingerprint density at radius 1 is 1.33 bits per heavy atom. The summed E-state index contributed by atoms with van der Waals surface area (Å²) < 4.78 is 42.0. The Balaban J connectivity index is 1.58. The molecule has 0 amide bonds. The average Bonchev–Trinajstić information content (AvgIpc) is 3.15. The number of benzene rings is 1. The molecule has 6 nitrogen and oxygen atoms in total. The molecule has 1 aromatic heterocycles. The van der Waals surface area contributed by atoms with Crippen LogP contribution in [-0.2, 0) is 10.0 Å². The monoisotopic (exact) mass is 430 g/mol. The number of hydrogen-bond acceptors (Lipinski definition) is 6. The molecule has 3 heterocycles. The smallest absolute Gasteiger partial charge is 0.266 e.